The van der Waals surface area contributed by atoms with Crippen molar-refractivity contribution in [3.63, 3.8) is 0 Å². The lowest BCUT2D eigenvalue weighted by molar-refractivity contribution is -0.115. The van der Waals surface area contributed by atoms with Crippen molar-refractivity contribution in [2.24, 2.45) is 0 Å². The standard InChI is InChI=1S/C20H24N2O6S2/c1-5-28-20(25)22-18(24)17-13(3)14(4)29-19(17)21-16(23)10-11-30(26,27)15-8-6-12(2)7-9-15/h6-9H,5,10-11H2,1-4H3,(H,21,23)(H,22,24,25). The molecule has 1 aromatic carbocycles. The van der Waals surface area contributed by atoms with Gasteiger partial charge in [-0.1, -0.05) is 17.7 Å². The van der Waals surface area contributed by atoms with Crippen LogP contribution in [0.5, 0.6) is 0 Å². The third-order valence-electron chi connectivity index (χ3n) is 4.33. The van der Waals surface area contributed by atoms with E-state index in [-0.39, 0.29) is 34.2 Å². The fourth-order valence-electron chi connectivity index (χ4n) is 2.59. The normalized spacial score (nSPS) is 11.1. The van der Waals surface area contributed by atoms with E-state index < -0.39 is 27.7 Å². The Bertz CT molecular complexity index is 1060. The summed E-state index contributed by atoms with van der Waals surface area (Å²) < 4.78 is 29.6. The van der Waals surface area contributed by atoms with Gasteiger partial charge in [0.2, 0.25) is 5.91 Å². The summed E-state index contributed by atoms with van der Waals surface area (Å²) in [7, 11) is -3.61. The summed E-state index contributed by atoms with van der Waals surface area (Å²) in [5.41, 5.74) is 1.70. The van der Waals surface area contributed by atoms with Gasteiger partial charge in [0, 0.05) is 11.3 Å². The van der Waals surface area contributed by atoms with Gasteiger partial charge in [0.25, 0.3) is 5.91 Å². The highest BCUT2D eigenvalue weighted by Gasteiger charge is 2.24. The average Bonchev–Trinajstić information content (AvgIpc) is 2.94. The molecule has 3 amide bonds. The number of benzene rings is 1. The van der Waals surface area contributed by atoms with Crippen LogP contribution in [0.3, 0.4) is 0 Å². The first-order valence-electron chi connectivity index (χ1n) is 9.22. The van der Waals surface area contributed by atoms with E-state index in [2.05, 4.69) is 10.6 Å². The van der Waals surface area contributed by atoms with Crippen LogP contribution in [0.1, 0.15) is 39.7 Å². The third kappa shape index (κ3) is 5.90. The van der Waals surface area contributed by atoms with E-state index in [0.717, 1.165) is 10.4 Å². The molecule has 1 heterocycles. The number of thiophene rings is 1. The first-order valence-corrected chi connectivity index (χ1v) is 11.7. The second kappa shape index (κ2) is 9.86. The Balaban J connectivity index is 2.09. The van der Waals surface area contributed by atoms with E-state index in [1.54, 1.807) is 32.9 Å². The predicted octanol–water partition coefficient (Wildman–Crippen LogP) is 3.36. The number of sulfone groups is 1. The van der Waals surface area contributed by atoms with Crippen LogP contribution in [-0.2, 0) is 19.4 Å². The number of hydrogen-bond acceptors (Lipinski definition) is 7. The van der Waals surface area contributed by atoms with E-state index in [1.807, 2.05) is 6.92 Å². The van der Waals surface area contributed by atoms with Crippen LogP contribution in [0, 0.1) is 20.8 Å². The first-order chi connectivity index (χ1) is 14.0. The molecule has 2 N–H and O–H groups in total. The van der Waals surface area contributed by atoms with Crippen LogP contribution in [0.15, 0.2) is 29.2 Å². The number of carbonyl (C=O) groups excluding carboxylic acids is 3. The molecule has 0 fully saturated rings. The van der Waals surface area contributed by atoms with Crippen LogP contribution < -0.4 is 10.6 Å². The zero-order valence-electron chi connectivity index (χ0n) is 17.2. The number of nitrogens with one attached hydrogen (secondary N) is 2. The number of anilines is 1. The van der Waals surface area contributed by atoms with Crippen LogP contribution in [-0.4, -0.2) is 38.7 Å². The lowest BCUT2D eigenvalue weighted by Crippen LogP contribution is -2.32. The molecule has 0 saturated carbocycles. The summed E-state index contributed by atoms with van der Waals surface area (Å²) in [4.78, 5) is 37.3. The van der Waals surface area contributed by atoms with Crippen molar-refractivity contribution in [3.8, 4) is 0 Å². The summed E-state index contributed by atoms with van der Waals surface area (Å²) in [6, 6.07) is 6.40. The third-order valence-corrected chi connectivity index (χ3v) is 7.19. The number of imide groups is 1. The van der Waals surface area contributed by atoms with E-state index >= 15 is 0 Å². The Hall–Kier alpha value is -2.72. The fourth-order valence-corrected chi connectivity index (χ4v) is 4.91. The molecule has 0 radical (unpaired) electrons. The largest absolute Gasteiger partial charge is 0.450 e. The van der Waals surface area contributed by atoms with Crippen LogP contribution in [0.2, 0.25) is 0 Å². The van der Waals surface area contributed by atoms with Crippen LogP contribution in [0.4, 0.5) is 9.80 Å². The number of ether oxygens (including phenoxy) is 1. The maximum absolute atomic E-state index is 12.4. The molecule has 0 aliphatic heterocycles. The second-order valence-electron chi connectivity index (χ2n) is 6.59. The van der Waals surface area contributed by atoms with Crippen LogP contribution in [0.25, 0.3) is 0 Å². The number of alkyl carbamates (subject to hydrolysis) is 1. The van der Waals surface area contributed by atoms with Crippen molar-refractivity contribution in [3.05, 3.63) is 45.8 Å². The van der Waals surface area contributed by atoms with E-state index in [9.17, 15) is 22.8 Å². The van der Waals surface area contributed by atoms with Gasteiger partial charge < -0.3 is 10.1 Å². The van der Waals surface area contributed by atoms with Gasteiger partial charge in [-0.05, 0) is 45.4 Å². The SMILES string of the molecule is CCOC(=O)NC(=O)c1c(NC(=O)CCS(=O)(=O)c2ccc(C)cc2)sc(C)c1C. The molecule has 162 valence electrons. The lowest BCUT2D eigenvalue weighted by atomic mass is 10.1. The molecule has 10 heteroatoms. The minimum absolute atomic E-state index is 0.111. The molecule has 0 spiro atoms. The molecule has 1 aromatic heterocycles. The second-order valence-corrected chi connectivity index (χ2v) is 9.93. The van der Waals surface area contributed by atoms with Crippen molar-refractivity contribution in [1.29, 1.82) is 0 Å². The summed E-state index contributed by atoms with van der Waals surface area (Å²) in [5, 5.41) is 4.95. The topological polar surface area (TPSA) is 119 Å². The smallest absolute Gasteiger partial charge is 0.414 e. The van der Waals surface area contributed by atoms with Crippen molar-refractivity contribution in [2.45, 2.75) is 39.0 Å². The highest BCUT2D eigenvalue weighted by Crippen LogP contribution is 2.32. The molecule has 0 aliphatic rings. The predicted molar refractivity (Wildman–Crippen MR) is 115 cm³/mol. The molecule has 0 atom stereocenters. The average molecular weight is 453 g/mol. The van der Waals surface area contributed by atoms with Gasteiger partial charge in [-0.2, -0.15) is 0 Å². The van der Waals surface area contributed by atoms with Gasteiger partial charge in [0.1, 0.15) is 5.00 Å². The molecule has 0 unspecified atom stereocenters. The van der Waals surface area contributed by atoms with Gasteiger partial charge in [0.05, 0.1) is 22.8 Å². The molecule has 8 nitrogen and oxygen atoms in total. The molecule has 0 saturated heterocycles. The molecular formula is C20H24N2O6S2. The Morgan fingerprint density at radius 3 is 2.30 bits per heavy atom. The number of carbonyl (C=O) groups is 3. The molecule has 0 aliphatic carbocycles. The zero-order chi connectivity index (χ0) is 22.5. The number of hydrogen-bond donors (Lipinski definition) is 2. The highest BCUT2D eigenvalue weighted by molar-refractivity contribution is 7.91. The Morgan fingerprint density at radius 2 is 1.70 bits per heavy atom. The number of aryl methyl sites for hydroxylation is 2. The van der Waals surface area contributed by atoms with Gasteiger partial charge >= 0.3 is 6.09 Å². The van der Waals surface area contributed by atoms with Crippen molar-refractivity contribution in [2.75, 3.05) is 17.7 Å². The summed E-state index contributed by atoms with van der Waals surface area (Å²) in [5.74, 6) is -1.61. The summed E-state index contributed by atoms with van der Waals surface area (Å²) in [6.45, 7) is 7.05. The quantitative estimate of drug-likeness (QED) is 0.665. The zero-order valence-corrected chi connectivity index (χ0v) is 18.8. The van der Waals surface area contributed by atoms with Gasteiger partial charge in [-0.25, -0.2) is 13.2 Å². The molecule has 2 aromatic rings. The van der Waals surface area contributed by atoms with Crippen molar-refractivity contribution < 1.29 is 27.5 Å². The minimum atomic E-state index is -3.61. The van der Waals surface area contributed by atoms with Gasteiger partial charge in [0.15, 0.2) is 9.84 Å². The number of amides is 3. The van der Waals surface area contributed by atoms with Crippen LogP contribution >= 0.6 is 11.3 Å². The Labute approximate surface area is 179 Å². The van der Waals surface area contributed by atoms with E-state index in [1.165, 1.54) is 23.5 Å². The lowest BCUT2D eigenvalue weighted by Gasteiger charge is -2.09. The highest BCUT2D eigenvalue weighted by atomic mass is 32.2. The molecule has 0 bridgehead atoms. The van der Waals surface area contributed by atoms with Crippen molar-refractivity contribution >= 4 is 44.1 Å². The molecular weight excluding hydrogens is 428 g/mol. The van der Waals surface area contributed by atoms with E-state index in [4.69, 9.17) is 4.74 Å². The van der Waals surface area contributed by atoms with Gasteiger partial charge in [-0.3, -0.25) is 14.9 Å². The molecule has 2 rings (SSSR count). The fraction of sp³-hybridized carbons (Fsp3) is 0.350. The van der Waals surface area contributed by atoms with E-state index in [0.29, 0.717) is 5.56 Å². The first kappa shape index (κ1) is 23.6. The summed E-state index contributed by atoms with van der Waals surface area (Å²) in [6.07, 6.45) is -1.15. The Morgan fingerprint density at radius 1 is 1.07 bits per heavy atom. The Kier molecular flexibility index (Phi) is 7.74. The summed E-state index contributed by atoms with van der Waals surface area (Å²) >= 11 is 1.18. The minimum Gasteiger partial charge on any atom is -0.450 e. The van der Waals surface area contributed by atoms with Gasteiger partial charge in [-0.15, -0.1) is 11.3 Å². The maximum atomic E-state index is 12.4. The number of rotatable bonds is 7. The monoisotopic (exact) mass is 452 g/mol. The molecule has 30 heavy (non-hydrogen) atoms. The van der Waals surface area contributed by atoms with Crippen molar-refractivity contribution in [1.82, 2.24) is 5.32 Å². The maximum Gasteiger partial charge on any atom is 0.414 e.